The fraction of sp³-hybridized carbons (Fsp3) is 0.250. The van der Waals surface area contributed by atoms with Gasteiger partial charge >= 0.3 is 0 Å². The average molecular weight is 524 g/mol. The number of allylic oxidation sites excluding steroid dienone is 1. The van der Waals surface area contributed by atoms with Gasteiger partial charge in [-0.25, -0.2) is 4.99 Å². The fourth-order valence-corrected chi connectivity index (χ4v) is 5.86. The number of amidine groups is 1. The Labute approximate surface area is 229 Å². The number of amides is 1. The largest absolute Gasteiger partial charge is 0.497 e. The standard InChI is InChI=1S/C32H33N3O2S/c1-21-16-28-27(22(2)19-32(3,4)34(28)5)17-24(21)18-29-30(36)35(20-23-12-14-26(37-6)15-13-23)31(38-29)33-25-10-8-7-9-11-25/h7-19H,20H2,1-6H3/b29-18+,33-31?. The first-order chi connectivity index (χ1) is 18.2. The molecule has 1 saturated heterocycles. The van der Waals surface area contributed by atoms with Crippen LogP contribution in [0.1, 0.15) is 43.0 Å². The van der Waals surface area contributed by atoms with Crippen molar-refractivity contribution in [1.82, 2.24) is 4.90 Å². The van der Waals surface area contributed by atoms with Crippen LogP contribution >= 0.6 is 11.8 Å². The van der Waals surface area contributed by atoms with Crippen molar-refractivity contribution in [2.75, 3.05) is 19.1 Å². The number of carbonyl (C=O) groups is 1. The number of fused-ring (bicyclic) bond motifs is 1. The van der Waals surface area contributed by atoms with Crippen LogP contribution in [0.3, 0.4) is 0 Å². The fourth-order valence-electron chi connectivity index (χ4n) is 4.87. The molecule has 194 valence electrons. The SMILES string of the molecule is COc1ccc(CN2C(=O)/C(=C\c3cc4c(cc3C)N(C)C(C)(C)C=C4C)SC2=Nc2ccccc2)cc1. The lowest BCUT2D eigenvalue weighted by Gasteiger charge is -2.41. The third-order valence-electron chi connectivity index (χ3n) is 7.26. The number of benzene rings is 3. The number of aryl methyl sites for hydroxylation is 1. The normalized spacial score (nSPS) is 18.7. The van der Waals surface area contributed by atoms with E-state index in [1.54, 1.807) is 12.0 Å². The highest BCUT2D eigenvalue weighted by atomic mass is 32.2. The summed E-state index contributed by atoms with van der Waals surface area (Å²) in [6.45, 7) is 9.16. The van der Waals surface area contributed by atoms with Crippen LogP contribution in [0.25, 0.3) is 11.6 Å². The number of hydrogen-bond donors (Lipinski definition) is 0. The Bertz CT molecular complexity index is 1470. The van der Waals surface area contributed by atoms with Gasteiger partial charge in [0.1, 0.15) is 5.75 Å². The third-order valence-corrected chi connectivity index (χ3v) is 8.27. The summed E-state index contributed by atoms with van der Waals surface area (Å²) in [5.41, 5.74) is 7.63. The number of hydrogen-bond acceptors (Lipinski definition) is 5. The van der Waals surface area contributed by atoms with Gasteiger partial charge in [-0.15, -0.1) is 0 Å². The highest BCUT2D eigenvalue weighted by Crippen LogP contribution is 2.41. The van der Waals surface area contributed by atoms with Crippen molar-refractivity contribution in [3.05, 3.63) is 100.0 Å². The molecule has 0 aliphatic carbocycles. The summed E-state index contributed by atoms with van der Waals surface area (Å²) in [5, 5.41) is 0.677. The quantitative estimate of drug-likeness (QED) is 0.326. The van der Waals surface area contributed by atoms with Gasteiger partial charge in [0.2, 0.25) is 0 Å². The van der Waals surface area contributed by atoms with Crippen molar-refractivity contribution in [2.24, 2.45) is 4.99 Å². The Balaban J connectivity index is 1.53. The first-order valence-electron chi connectivity index (χ1n) is 12.7. The average Bonchev–Trinajstić information content (AvgIpc) is 3.18. The van der Waals surface area contributed by atoms with Crippen molar-refractivity contribution < 1.29 is 9.53 Å². The predicted octanol–water partition coefficient (Wildman–Crippen LogP) is 7.44. The minimum absolute atomic E-state index is 0.0388. The van der Waals surface area contributed by atoms with Crippen LogP contribution in [0.4, 0.5) is 11.4 Å². The smallest absolute Gasteiger partial charge is 0.267 e. The van der Waals surface area contributed by atoms with E-state index in [4.69, 9.17) is 9.73 Å². The molecule has 5 nitrogen and oxygen atoms in total. The number of aliphatic imine (C=N–C) groups is 1. The van der Waals surface area contributed by atoms with Crippen molar-refractivity contribution in [3.8, 4) is 5.75 Å². The molecule has 0 bridgehead atoms. The van der Waals surface area contributed by atoms with Gasteiger partial charge in [0.25, 0.3) is 5.91 Å². The highest BCUT2D eigenvalue weighted by molar-refractivity contribution is 8.18. The molecule has 0 aromatic heterocycles. The van der Waals surface area contributed by atoms with Crippen molar-refractivity contribution in [3.63, 3.8) is 0 Å². The van der Waals surface area contributed by atoms with E-state index in [1.165, 1.54) is 28.6 Å². The molecular formula is C32H33N3O2S. The summed E-state index contributed by atoms with van der Waals surface area (Å²) in [5.74, 6) is 0.749. The molecule has 1 fully saturated rings. The second-order valence-corrected chi connectivity index (χ2v) is 11.4. The summed E-state index contributed by atoms with van der Waals surface area (Å²) in [6.07, 6.45) is 4.32. The number of thioether (sulfide) groups is 1. The Hall–Kier alpha value is -3.77. The van der Waals surface area contributed by atoms with Gasteiger partial charge in [0.15, 0.2) is 5.17 Å². The van der Waals surface area contributed by atoms with Crippen molar-refractivity contribution in [1.29, 1.82) is 0 Å². The van der Waals surface area contributed by atoms with Crippen LogP contribution in [0.15, 0.2) is 82.7 Å². The zero-order valence-corrected chi connectivity index (χ0v) is 23.6. The first kappa shape index (κ1) is 25.9. The Morgan fingerprint density at radius 1 is 1.03 bits per heavy atom. The van der Waals surface area contributed by atoms with Gasteiger partial charge in [0.05, 0.1) is 29.8 Å². The molecule has 0 atom stereocenters. The molecule has 0 saturated carbocycles. The van der Waals surface area contributed by atoms with Crippen molar-refractivity contribution in [2.45, 2.75) is 39.8 Å². The van der Waals surface area contributed by atoms with Crippen LogP contribution in [0, 0.1) is 6.92 Å². The van der Waals surface area contributed by atoms with E-state index in [2.05, 4.69) is 57.9 Å². The molecule has 2 heterocycles. The molecule has 2 aliphatic rings. The molecule has 3 aromatic carbocycles. The second-order valence-electron chi connectivity index (χ2n) is 10.3. The third kappa shape index (κ3) is 5.01. The van der Waals surface area contributed by atoms with Gasteiger partial charge < -0.3 is 9.64 Å². The minimum Gasteiger partial charge on any atom is -0.497 e. The predicted molar refractivity (Wildman–Crippen MR) is 160 cm³/mol. The van der Waals surface area contributed by atoms with E-state index in [-0.39, 0.29) is 11.4 Å². The van der Waals surface area contributed by atoms with E-state index < -0.39 is 0 Å². The van der Waals surface area contributed by atoms with E-state index in [1.807, 2.05) is 60.7 Å². The number of methoxy groups -OCH3 is 1. The lowest BCUT2D eigenvalue weighted by Crippen LogP contribution is -2.42. The number of anilines is 1. The van der Waals surface area contributed by atoms with Crippen LogP contribution in [0.5, 0.6) is 5.75 Å². The number of likely N-dealkylation sites (N-methyl/N-ethyl adjacent to an activating group) is 1. The molecule has 0 spiro atoms. The Morgan fingerprint density at radius 3 is 2.42 bits per heavy atom. The number of carbonyl (C=O) groups excluding carboxylic acids is 1. The zero-order chi connectivity index (χ0) is 27.0. The second kappa shape index (κ2) is 10.2. The van der Waals surface area contributed by atoms with E-state index >= 15 is 0 Å². The van der Waals surface area contributed by atoms with Crippen LogP contribution in [-0.2, 0) is 11.3 Å². The summed E-state index contributed by atoms with van der Waals surface area (Å²) in [7, 11) is 3.79. The zero-order valence-electron chi connectivity index (χ0n) is 22.8. The molecule has 0 N–H and O–H groups in total. The number of rotatable bonds is 5. The van der Waals surface area contributed by atoms with Crippen LogP contribution in [0.2, 0.25) is 0 Å². The Kier molecular flexibility index (Phi) is 6.93. The van der Waals surface area contributed by atoms with E-state index in [9.17, 15) is 4.79 Å². The molecule has 0 unspecified atom stereocenters. The monoisotopic (exact) mass is 523 g/mol. The molecule has 3 aromatic rings. The highest BCUT2D eigenvalue weighted by Gasteiger charge is 2.34. The molecule has 5 rings (SSSR count). The molecule has 6 heteroatoms. The summed E-state index contributed by atoms with van der Waals surface area (Å²) in [6, 6.07) is 22.0. The maximum absolute atomic E-state index is 13.8. The molecule has 38 heavy (non-hydrogen) atoms. The lowest BCUT2D eigenvalue weighted by molar-refractivity contribution is -0.122. The molecular weight excluding hydrogens is 490 g/mol. The minimum atomic E-state index is -0.0501. The topological polar surface area (TPSA) is 45.1 Å². The molecule has 0 radical (unpaired) electrons. The molecule has 2 aliphatic heterocycles. The summed E-state index contributed by atoms with van der Waals surface area (Å²) in [4.78, 5) is 23.3. The number of ether oxygens (including phenoxy) is 1. The lowest BCUT2D eigenvalue weighted by atomic mass is 9.87. The van der Waals surface area contributed by atoms with Gasteiger partial charge in [-0.3, -0.25) is 9.69 Å². The summed E-state index contributed by atoms with van der Waals surface area (Å²) < 4.78 is 5.30. The maximum atomic E-state index is 13.8. The summed E-state index contributed by atoms with van der Waals surface area (Å²) >= 11 is 1.43. The van der Waals surface area contributed by atoms with Gasteiger partial charge in [-0.2, -0.15) is 0 Å². The maximum Gasteiger partial charge on any atom is 0.267 e. The van der Waals surface area contributed by atoms with Crippen LogP contribution in [-0.4, -0.2) is 35.7 Å². The van der Waals surface area contributed by atoms with Gasteiger partial charge in [-0.05, 0) is 104 Å². The number of nitrogens with zero attached hydrogens (tertiary/aromatic N) is 3. The van der Waals surface area contributed by atoms with Gasteiger partial charge in [0, 0.05) is 18.3 Å². The van der Waals surface area contributed by atoms with Gasteiger partial charge in [-0.1, -0.05) is 36.4 Å². The van der Waals surface area contributed by atoms with Crippen molar-refractivity contribution >= 4 is 45.9 Å². The van der Waals surface area contributed by atoms with Crippen LogP contribution < -0.4 is 9.64 Å². The van der Waals surface area contributed by atoms with E-state index in [0.29, 0.717) is 16.6 Å². The molecule has 1 amide bonds. The number of para-hydroxylation sites is 1. The Morgan fingerprint density at radius 2 is 1.74 bits per heavy atom. The van der Waals surface area contributed by atoms with E-state index in [0.717, 1.165) is 28.1 Å². The first-order valence-corrected chi connectivity index (χ1v) is 13.5.